The van der Waals surface area contributed by atoms with E-state index < -0.39 is 14.0 Å². The van der Waals surface area contributed by atoms with E-state index in [4.69, 9.17) is 29.4 Å². The molecule has 11 heteroatoms. The lowest BCUT2D eigenvalue weighted by atomic mass is 10.1. The lowest BCUT2D eigenvalue weighted by Crippen LogP contribution is -2.39. The summed E-state index contributed by atoms with van der Waals surface area (Å²) in [5.74, 6) is 0.201. The summed E-state index contributed by atoms with van der Waals surface area (Å²) >= 11 is 3.31. The lowest BCUT2D eigenvalue weighted by molar-refractivity contribution is 0.0448. The SMILES string of the molecule is COc1cc(OC)nc(Oc2ccc(N)c(OCCBr)c2C(=O)OC(C)[Si](C)(C)C)n1. The fourth-order valence-corrected chi connectivity index (χ4v) is 2.91. The molecule has 2 aromatic rings. The maximum atomic E-state index is 13.2. The molecule has 31 heavy (non-hydrogen) atoms. The van der Waals surface area contributed by atoms with E-state index in [9.17, 15) is 4.79 Å². The second-order valence-electron chi connectivity index (χ2n) is 7.65. The van der Waals surface area contributed by atoms with Crippen molar-refractivity contribution in [1.29, 1.82) is 0 Å². The van der Waals surface area contributed by atoms with Gasteiger partial charge in [-0.3, -0.25) is 0 Å². The smallest absolute Gasteiger partial charge is 0.345 e. The van der Waals surface area contributed by atoms with Crippen molar-refractivity contribution in [3.8, 4) is 29.3 Å². The number of nitrogens with zero attached hydrogens (tertiary/aromatic N) is 2. The zero-order chi connectivity index (χ0) is 23.2. The van der Waals surface area contributed by atoms with E-state index in [1.165, 1.54) is 20.3 Å². The number of rotatable bonds is 10. The number of benzene rings is 1. The molecule has 0 fully saturated rings. The molecule has 1 unspecified atom stereocenters. The number of halogens is 1. The second-order valence-corrected chi connectivity index (χ2v) is 14.0. The van der Waals surface area contributed by atoms with Gasteiger partial charge in [0.25, 0.3) is 0 Å². The molecule has 0 saturated carbocycles. The summed E-state index contributed by atoms with van der Waals surface area (Å²) in [5.41, 5.74) is 6.21. The molecule has 170 valence electrons. The summed E-state index contributed by atoms with van der Waals surface area (Å²) in [6.45, 7) is 8.51. The van der Waals surface area contributed by atoms with Crippen LogP contribution in [0.4, 0.5) is 5.69 Å². The monoisotopic (exact) mass is 513 g/mol. The van der Waals surface area contributed by atoms with Crippen LogP contribution in [0.5, 0.6) is 29.3 Å². The van der Waals surface area contributed by atoms with E-state index in [0.717, 1.165) is 0 Å². The molecular weight excluding hydrogens is 486 g/mol. The Bertz CT molecular complexity index is 900. The number of hydrogen-bond acceptors (Lipinski definition) is 9. The fourth-order valence-electron chi connectivity index (χ4n) is 2.29. The molecule has 9 nitrogen and oxygen atoms in total. The number of ether oxygens (including phenoxy) is 5. The number of alkyl halides is 1. The number of hydrogen-bond donors (Lipinski definition) is 1. The van der Waals surface area contributed by atoms with Crippen molar-refractivity contribution >= 4 is 35.7 Å². The second kappa shape index (κ2) is 10.7. The van der Waals surface area contributed by atoms with Gasteiger partial charge < -0.3 is 29.4 Å². The predicted octanol–water partition coefficient (Wildman–Crippen LogP) is 4.06. The molecule has 1 aromatic carbocycles. The van der Waals surface area contributed by atoms with E-state index >= 15 is 0 Å². The van der Waals surface area contributed by atoms with E-state index in [0.29, 0.717) is 11.9 Å². The molecule has 0 amide bonds. The molecule has 0 aliphatic rings. The van der Waals surface area contributed by atoms with Gasteiger partial charge in [0.05, 0.1) is 46.4 Å². The Hall–Kier alpha value is -2.53. The number of aromatic nitrogens is 2. The van der Waals surface area contributed by atoms with Crippen LogP contribution >= 0.6 is 15.9 Å². The van der Waals surface area contributed by atoms with Gasteiger partial charge in [0.2, 0.25) is 11.8 Å². The van der Waals surface area contributed by atoms with E-state index in [1.54, 1.807) is 12.1 Å². The molecule has 2 rings (SSSR count). The van der Waals surface area contributed by atoms with E-state index in [-0.39, 0.29) is 46.2 Å². The molecule has 1 aromatic heterocycles. The summed E-state index contributed by atoms with van der Waals surface area (Å²) in [6, 6.07) is 4.56. The minimum atomic E-state index is -1.75. The van der Waals surface area contributed by atoms with Crippen molar-refractivity contribution in [2.24, 2.45) is 0 Å². The Morgan fingerprint density at radius 2 is 1.77 bits per heavy atom. The van der Waals surface area contributed by atoms with Gasteiger partial charge in [-0.2, -0.15) is 9.97 Å². The zero-order valence-corrected chi connectivity index (χ0v) is 21.1. The molecule has 2 N–H and O–H groups in total. The van der Waals surface area contributed by atoms with Gasteiger partial charge in [0.15, 0.2) is 5.75 Å². The van der Waals surface area contributed by atoms with Gasteiger partial charge in [0, 0.05) is 5.33 Å². The van der Waals surface area contributed by atoms with Crippen LogP contribution in [0, 0.1) is 0 Å². The first kappa shape index (κ1) is 24.7. The Labute approximate surface area is 191 Å². The highest BCUT2D eigenvalue weighted by molar-refractivity contribution is 9.09. The quantitative estimate of drug-likeness (QED) is 0.217. The average molecular weight is 514 g/mol. The van der Waals surface area contributed by atoms with Crippen molar-refractivity contribution in [2.45, 2.75) is 32.3 Å². The number of anilines is 1. The number of esters is 1. The van der Waals surface area contributed by atoms with Crippen LogP contribution in [0.25, 0.3) is 0 Å². The minimum Gasteiger partial charge on any atom is -0.489 e. The van der Waals surface area contributed by atoms with Gasteiger partial charge in [-0.25, -0.2) is 4.79 Å². The topological polar surface area (TPSA) is 115 Å². The molecule has 0 bridgehead atoms. The van der Waals surface area contributed by atoms with Gasteiger partial charge >= 0.3 is 12.0 Å². The first-order chi connectivity index (χ1) is 14.6. The molecule has 1 atom stereocenters. The molecule has 0 saturated heterocycles. The largest absolute Gasteiger partial charge is 0.489 e. The zero-order valence-electron chi connectivity index (χ0n) is 18.5. The third-order valence-corrected chi connectivity index (χ3v) is 7.34. The maximum Gasteiger partial charge on any atom is 0.345 e. The standard InChI is InChI=1S/C20H28BrN3O6Si/c1-12(31(4,5)6)29-19(25)17-14(8-7-13(22)18(17)28-10-9-21)30-20-23-15(26-2)11-16(24-20)27-3/h7-8,11-12H,9-10,22H2,1-6H3. The molecule has 0 aliphatic carbocycles. The molecule has 0 spiro atoms. The van der Waals surface area contributed by atoms with Gasteiger partial charge in [-0.1, -0.05) is 35.6 Å². The third kappa shape index (κ3) is 6.47. The fraction of sp³-hybridized carbons (Fsp3) is 0.450. The summed E-state index contributed by atoms with van der Waals surface area (Å²) in [4.78, 5) is 21.5. The van der Waals surface area contributed by atoms with Crippen molar-refractivity contribution in [3.05, 3.63) is 23.8 Å². The minimum absolute atomic E-state index is 0.0661. The number of methoxy groups -OCH3 is 2. The van der Waals surface area contributed by atoms with Crippen LogP contribution in [-0.4, -0.2) is 55.9 Å². The maximum absolute atomic E-state index is 13.2. The van der Waals surface area contributed by atoms with Crippen LogP contribution in [0.1, 0.15) is 17.3 Å². The van der Waals surface area contributed by atoms with Crippen LogP contribution < -0.4 is 24.7 Å². The van der Waals surface area contributed by atoms with E-state index in [2.05, 4.69) is 45.5 Å². The first-order valence-corrected chi connectivity index (χ1v) is 14.3. The Kier molecular flexibility index (Phi) is 8.51. The predicted molar refractivity (Wildman–Crippen MR) is 124 cm³/mol. The lowest BCUT2D eigenvalue weighted by Gasteiger charge is -2.26. The van der Waals surface area contributed by atoms with Gasteiger partial charge in [-0.05, 0) is 19.1 Å². The number of nitrogens with two attached hydrogens (primary N) is 1. The third-order valence-electron chi connectivity index (χ3n) is 4.46. The Morgan fingerprint density at radius 3 is 2.29 bits per heavy atom. The molecule has 1 heterocycles. The molecular formula is C20H28BrN3O6Si. The van der Waals surface area contributed by atoms with Crippen molar-refractivity contribution in [2.75, 3.05) is 31.9 Å². The normalized spacial score (nSPS) is 12.1. The molecule has 0 radical (unpaired) electrons. The van der Waals surface area contributed by atoms with Crippen LogP contribution in [-0.2, 0) is 4.74 Å². The highest BCUT2D eigenvalue weighted by Crippen LogP contribution is 2.37. The number of nitrogen functional groups attached to an aromatic ring is 1. The van der Waals surface area contributed by atoms with Gasteiger partial charge in [0.1, 0.15) is 11.3 Å². The number of carbonyl (C=O) groups is 1. The van der Waals surface area contributed by atoms with Crippen molar-refractivity contribution < 1.29 is 28.5 Å². The highest BCUT2D eigenvalue weighted by Gasteiger charge is 2.30. The summed E-state index contributed by atoms with van der Waals surface area (Å²) in [6.07, 6.45) is 0. The average Bonchev–Trinajstić information content (AvgIpc) is 2.72. The Balaban J connectivity index is 2.53. The summed E-state index contributed by atoms with van der Waals surface area (Å²) < 4.78 is 27.6. The Morgan fingerprint density at radius 1 is 1.16 bits per heavy atom. The van der Waals surface area contributed by atoms with Crippen molar-refractivity contribution in [3.63, 3.8) is 0 Å². The molecule has 0 aliphatic heterocycles. The van der Waals surface area contributed by atoms with Crippen LogP contribution in [0.15, 0.2) is 18.2 Å². The van der Waals surface area contributed by atoms with Crippen molar-refractivity contribution in [1.82, 2.24) is 9.97 Å². The highest BCUT2D eigenvalue weighted by atomic mass is 79.9. The van der Waals surface area contributed by atoms with Gasteiger partial charge in [-0.15, -0.1) is 0 Å². The van der Waals surface area contributed by atoms with E-state index in [1.807, 2.05) is 6.92 Å². The summed E-state index contributed by atoms with van der Waals surface area (Å²) in [7, 11) is 1.17. The van der Waals surface area contributed by atoms with Crippen LogP contribution in [0.3, 0.4) is 0 Å². The summed E-state index contributed by atoms with van der Waals surface area (Å²) in [5, 5.41) is 0.549. The van der Waals surface area contributed by atoms with Crippen LogP contribution in [0.2, 0.25) is 19.6 Å². The first-order valence-electron chi connectivity index (χ1n) is 9.57. The number of carbonyl (C=O) groups excluding carboxylic acids is 1.